The topological polar surface area (TPSA) is 183 Å². The molecule has 1 aromatic carbocycles. The molecule has 0 unspecified atom stereocenters. The molecule has 0 atom stereocenters. The summed E-state index contributed by atoms with van der Waals surface area (Å²) in [6.45, 7) is 9.10. The highest BCUT2D eigenvalue weighted by atomic mass is 35.5. The van der Waals surface area contributed by atoms with E-state index in [1.807, 2.05) is 18.5 Å². The zero-order valence-corrected chi connectivity index (χ0v) is 29.9. The number of nitrogens with one attached hydrogen (secondary N) is 5. The second-order valence-corrected chi connectivity index (χ2v) is 13.1. The summed E-state index contributed by atoms with van der Waals surface area (Å²) < 4.78 is 18.3. The van der Waals surface area contributed by atoms with E-state index in [4.69, 9.17) is 35.8 Å². The number of anilines is 2. The maximum absolute atomic E-state index is 12.6. The van der Waals surface area contributed by atoms with Crippen molar-refractivity contribution in [2.24, 2.45) is 0 Å². The number of carbonyl (C=O) groups excluding carboxylic acids is 3. The van der Waals surface area contributed by atoms with Gasteiger partial charge in [-0.1, -0.05) is 25.0 Å². The summed E-state index contributed by atoms with van der Waals surface area (Å²) >= 11 is 5.55. The summed E-state index contributed by atoms with van der Waals surface area (Å²) in [7, 11) is 0. The Kier molecular flexibility index (Phi) is 15.3. The number of hydrogen-bond donors (Lipinski definition) is 5. The number of imidazole rings is 1. The van der Waals surface area contributed by atoms with Crippen LogP contribution in [0.4, 0.5) is 16.6 Å². The van der Waals surface area contributed by atoms with Gasteiger partial charge in [-0.25, -0.2) is 9.78 Å². The molecule has 0 saturated heterocycles. The van der Waals surface area contributed by atoms with E-state index in [9.17, 15) is 14.4 Å². The average molecular weight is 716 g/mol. The number of carbonyl (C=O) groups is 3. The number of rotatable bonds is 20. The molecular weight excluding hydrogens is 666 g/mol. The van der Waals surface area contributed by atoms with E-state index in [1.54, 1.807) is 32.9 Å². The largest absolute Gasteiger partial charge is 0.444 e. The van der Waals surface area contributed by atoms with E-state index in [1.165, 1.54) is 12.8 Å². The summed E-state index contributed by atoms with van der Waals surface area (Å²) in [5.41, 5.74) is 2.46. The first-order chi connectivity index (χ1) is 24.1. The highest BCUT2D eigenvalue weighted by Gasteiger charge is 2.22. The first kappa shape index (κ1) is 38.6. The van der Waals surface area contributed by atoms with Crippen LogP contribution in [-0.4, -0.2) is 102 Å². The fraction of sp³-hybridized carbons (Fsp3) is 0.588. The minimum Gasteiger partial charge on any atom is -0.444 e. The van der Waals surface area contributed by atoms with Gasteiger partial charge in [0.1, 0.15) is 11.5 Å². The van der Waals surface area contributed by atoms with Gasteiger partial charge in [0.2, 0.25) is 11.9 Å². The summed E-state index contributed by atoms with van der Waals surface area (Å²) in [6.07, 6.45) is 6.64. The van der Waals surface area contributed by atoms with Gasteiger partial charge in [0.15, 0.2) is 17.0 Å². The second kappa shape index (κ2) is 19.8. The molecule has 2 aromatic heterocycles. The lowest BCUT2D eigenvalue weighted by Gasteiger charge is -2.19. The Morgan fingerprint density at radius 1 is 0.880 bits per heavy atom. The van der Waals surface area contributed by atoms with E-state index >= 15 is 0 Å². The summed E-state index contributed by atoms with van der Waals surface area (Å²) in [4.78, 5) is 49.8. The van der Waals surface area contributed by atoms with Gasteiger partial charge in [0.05, 0.1) is 32.8 Å². The zero-order valence-electron chi connectivity index (χ0n) is 29.2. The first-order valence-electron chi connectivity index (χ1n) is 17.2. The van der Waals surface area contributed by atoms with Gasteiger partial charge in [-0.2, -0.15) is 9.97 Å². The Hall–Kier alpha value is -4.21. The minimum absolute atomic E-state index is 0.0582. The van der Waals surface area contributed by atoms with Gasteiger partial charge in [-0.3, -0.25) is 9.59 Å². The van der Waals surface area contributed by atoms with Crippen LogP contribution in [0.3, 0.4) is 0 Å². The first-order valence-corrected chi connectivity index (χ1v) is 17.7. The van der Waals surface area contributed by atoms with Gasteiger partial charge >= 0.3 is 6.09 Å². The average Bonchev–Trinajstić information content (AvgIpc) is 3.77. The van der Waals surface area contributed by atoms with E-state index in [0.717, 1.165) is 24.1 Å². The number of fused-ring (bicyclic) bond motifs is 1. The maximum Gasteiger partial charge on any atom is 0.407 e. The molecule has 5 N–H and O–H groups in total. The molecule has 16 heteroatoms. The van der Waals surface area contributed by atoms with Gasteiger partial charge in [0, 0.05) is 44.3 Å². The molecule has 0 radical (unpaired) electrons. The quantitative estimate of drug-likeness (QED) is 0.0842. The molecule has 1 fully saturated rings. The van der Waals surface area contributed by atoms with E-state index in [0.29, 0.717) is 94.5 Å². The van der Waals surface area contributed by atoms with Crippen molar-refractivity contribution in [3.8, 4) is 0 Å². The number of amides is 3. The SMILES string of the molecule is CC(C)(C)OC(=O)NCCOCCOCCNC(=O)c1ccc(CNc2nc(NCCCNC(=O)CCl)nc3c2ncn3C2CCCC2)cc1. The van der Waals surface area contributed by atoms with Crippen molar-refractivity contribution in [2.45, 2.75) is 71.1 Å². The van der Waals surface area contributed by atoms with Crippen LogP contribution in [0.2, 0.25) is 0 Å². The lowest BCUT2D eigenvalue weighted by Crippen LogP contribution is -2.34. The number of alkyl carbamates (subject to hydrolysis) is 1. The van der Waals surface area contributed by atoms with Crippen molar-refractivity contribution in [2.75, 3.05) is 69.1 Å². The molecule has 0 aliphatic heterocycles. The highest BCUT2D eigenvalue weighted by Crippen LogP contribution is 2.33. The van der Waals surface area contributed by atoms with E-state index in [-0.39, 0.29) is 17.7 Å². The fourth-order valence-electron chi connectivity index (χ4n) is 5.29. The third-order valence-corrected chi connectivity index (χ3v) is 7.96. The van der Waals surface area contributed by atoms with E-state index in [2.05, 4.69) is 36.1 Å². The lowest BCUT2D eigenvalue weighted by molar-refractivity contribution is -0.118. The third kappa shape index (κ3) is 12.9. The van der Waals surface area contributed by atoms with Gasteiger partial charge in [-0.15, -0.1) is 11.6 Å². The summed E-state index contributed by atoms with van der Waals surface area (Å²) in [5, 5.41) is 14.9. The van der Waals surface area contributed by atoms with Crippen LogP contribution >= 0.6 is 11.6 Å². The predicted molar refractivity (Wildman–Crippen MR) is 192 cm³/mol. The van der Waals surface area contributed by atoms with Gasteiger partial charge in [-0.05, 0) is 57.7 Å². The third-order valence-electron chi connectivity index (χ3n) is 7.71. The van der Waals surface area contributed by atoms with E-state index < -0.39 is 11.7 Å². The van der Waals surface area contributed by atoms with Crippen molar-refractivity contribution in [1.82, 2.24) is 35.5 Å². The number of alkyl halides is 1. The number of hydrogen-bond acceptors (Lipinski definition) is 11. The van der Waals surface area contributed by atoms with Crippen LogP contribution in [0, 0.1) is 0 Å². The van der Waals surface area contributed by atoms with Gasteiger partial charge in [0.25, 0.3) is 5.91 Å². The number of nitrogens with zero attached hydrogens (tertiary/aromatic N) is 4. The normalized spacial score (nSPS) is 13.3. The monoisotopic (exact) mass is 715 g/mol. The second-order valence-electron chi connectivity index (χ2n) is 12.9. The summed E-state index contributed by atoms with van der Waals surface area (Å²) in [5.74, 6) is 0.661. The Bertz CT molecular complexity index is 1520. The van der Waals surface area contributed by atoms with Crippen molar-refractivity contribution in [3.05, 3.63) is 41.7 Å². The molecule has 0 spiro atoms. The van der Waals surface area contributed by atoms with Crippen LogP contribution < -0.4 is 26.6 Å². The van der Waals surface area contributed by atoms with Crippen molar-refractivity contribution in [1.29, 1.82) is 0 Å². The number of aromatic nitrogens is 4. The molecular formula is C34H50ClN9O6. The summed E-state index contributed by atoms with van der Waals surface area (Å²) in [6, 6.07) is 7.74. The number of benzene rings is 1. The molecule has 1 aliphatic carbocycles. The minimum atomic E-state index is -0.541. The fourth-order valence-corrected chi connectivity index (χ4v) is 5.39. The molecule has 3 amide bonds. The van der Waals surface area contributed by atoms with Crippen molar-refractivity contribution in [3.63, 3.8) is 0 Å². The van der Waals surface area contributed by atoms with Crippen LogP contribution in [0.25, 0.3) is 11.2 Å². The zero-order chi connectivity index (χ0) is 35.8. The van der Waals surface area contributed by atoms with Crippen LogP contribution in [-0.2, 0) is 25.5 Å². The van der Waals surface area contributed by atoms with Gasteiger partial charge < -0.3 is 45.4 Å². The Labute approximate surface area is 298 Å². The molecule has 2 heterocycles. The number of halogens is 1. The Morgan fingerprint density at radius 3 is 2.26 bits per heavy atom. The Morgan fingerprint density at radius 2 is 1.58 bits per heavy atom. The standard InChI is InChI=1S/C34H50ClN9O6/c1-34(2,3)50-33(47)39-16-18-49-20-19-48-17-15-37-31(46)25-11-9-24(10-12-25)22-40-29-28-30(44(23-41-28)26-7-4-5-8-26)43-32(42-29)38-14-6-13-36-27(45)21-35/h9-12,23,26H,4-8,13-22H2,1-3H3,(H,36,45)(H,37,46)(H,39,47)(H2,38,40,42,43). The molecule has 15 nitrogen and oxygen atoms in total. The maximum atomic E-state index is 12.6. The lowest BCUT2D eigenvalue weighted by atomic mass is 10.1. The van der Waals surface area contributed by atoms with Crippen LogP contribution in [0.1, 0.15) is 74.8 Å². The molecule has 0 bridgehead atoms. The van der Waals surface area contributed by atoms with Crippen LogP contribution in [0.5, 0.6) is 0 Å². The molecule has 1 saturated carbocycles. The molecule has 1 aliphatic rings. The highest BCUT2D eigenvalue weighted by molar-refractivity contribution is 6.27. The molecule has 3 aromatic rings. The predicted octanol–water partition coefficient (Wildman–Crippen LogP) is 4.00. The van der Waals surface area contributed by atoms with Crippen molar-refractivity contribution >= 4 is 52.4 Å². The molecule has 4 rings (SSSR count). The van der Waals surface area contributed by atoms with Crippen molar-refractivity contribution < 1.29 is 28.6 Å². The number of ether oxygens (including phenoxy) is 3. The molecule has 274 valence electrons. The van der Waals surface area contributed by atoms with Crippen LogP contribution in [0.15, 0.2) is 30.6 Å². The molecule has 50 heavy (non-hydrogen) atoms. The Balaban J connectivity index is 1.20. The smallest absolute Gasteiger partial charge is 0.407 e.